The van der Waals surface area contributed by atoms with Crippen molar-refractivity contribution in [1.29, 1.82) is 0 Å². The van der Waals surface area contributed by atoms with Crippen LogP contribution in [0, 0.1) is 6.92 Å². The summed E-state index contributed by atoms with van der Waals surface area (Å²) in [6.07, 6.45) is 1.18. The standard InChI is InChI=1S/C15H17N3O2S2/c1-4-9-21-15-18-17-14(22-15)16-13(19)11(3)20-12-8-6-5-7-10(12)2/h4-8,11H,1,9H2,2-3H3,(H,16,17,19)/t11-/m1/s1. The number of anilines is 1. The van der Waals surface area contributed by atoms with Gasteiger partial charge in [-0.1, -0.05) is 47.4 Å². The third-order valence-corrected chi connectivity index (χ3v) is 4.70. The number of benzene rings is 1. The third-order valence-electron chi connectivity index (χ3n) is 2.73. The zero-order valence-electron chi connectivity index (χ0n) is 12.4. The van der Waals surface area contributed by atoms with Crippen molar-refractivity contribution in [3.05, 3.63) is 42.5 Å². The van der Waals surface area contributed by atoms with Crippen LogP contribution in [0.2, 0.25) is 0 Å². The average molecular weight is 335 g/mol. The zero-order chi connectivity index (χ0) is 15.9. The van der Waals surface area contributed by atoms with Gasteiger partial charge in [-0.15, -0.1) is 16.8 Å². The van der Waals surface area contributed by atoms with Crippen molar-refractivity contribution >= 4 is 34.1 Å². The third kappa shape index (κ3) is 4.57. The van der Waals surface area contributed by atoms with Gasteiger partial charge >= 0.3 is 0 Å². The van der Waals surface area contributed by atoms with Crippen molar-refractivity contribution in [3.63, 3.8) is 0 Å². The Balaban J connectivity index is 1.92. The van der Waals surface area contributed by atoms with E-state index in [0.717, 1.165) is 15.7 Å². The fourth-order valence-corrected chi connectivity index (χ4v) is 3.10. The SMILES string of the molecule is C=CCSc1nnc(NC(=O)[C@@H](C)Oc2ccccc2C)s1. The summed E-state index contributed by atoms with van der Waals surface area (Å²) >= 11 is 2.86. The van der Waals surface area contributed by atoms with Crippen LogP contribution in [0.3, 0.4) is 0 Å². The Hall–Kier alpha value is -1.86. The highest BCUT2D eigenvalue weighted by molar-refractivity contribution is 8.01. The summed E-state index contributed by atoms with van der Waals surface area (Å²) in [7, 11) is 0. The molecule has 2 aromatic rings. The van der Waals surface area contributed by atoms with Gasteiger partial charge in [-0.3, -0.25) is 10.1 Å². The highest BCUT2D eigenvalue weighted by Crippen LogP contribution is 2.25. The lowest BCUT2D eigenvalue weighted by molar-refractivity contribution is -0.122. The predicted molar refractivity (Wildman–Crippen MR) is 90.7 cm³/mol. The summed E-state index contributed by atoms with van der Waals surface area (Å²) < 4.78 is 6.47. The number of para-hydroxylation sites is 1. The summed E-state index contributed by atoms with van der Waals surface area (Å²) in [4.78, 5) is 12.1. The summed E-state index contributed by atoms with van der Waals surface area (Å²) in [5.41, 5.74) is 0.987. The van der Waals surface area contributed by atoms with Crippen molar-refractivity contribution in [3.8, 4) is 5.75 Å². The van der Waals surface area contributed by atoms with E-state index in [1.807, 2.05) is 31.2 Å². The number of hydrogen-bond acceptors (Lipinski definition) is 6. The minimum absolute atomic E-state index is 0.250. The molecule has 1 amide bonds. The van der Waals surface area contributed by atoms with Crippen LogP contribution in [0.1, 0.15) is 12.5 Å². The Kier molecular flexibility index (Phi) is 5.97. The molecule has 0 aliphatic heterocycles. The van der Waals surface area contributed by atoms with E-state index in [0.29, 0.717) is 10.9 Å². The second-order valence-electron chi connectivity index (χ2n) is 4.49. The highest BCUT2D eigenvalue weighted by Gasteiger charge is 2.17. The van der Waals surface area contributed by atoms with Gasteiger partial charge in [-0.2, -0.15) is 0 Å². The molecule has 2 rings (SSSR count). The van der Waals surface area contributed by atoms with Gasteiger partial charge in [0.15, 0.2) is 10.4 Å². The summed E-state index contributed by atoms with van der Waals surface area (Å²) in [5.74, 6) is 1.21. The molecule has 0 saturated heterocycles. The number of amides is 1. The molecule has 0 saturated carbocycles. The molecule has 1 aromatic carbocycles. The number of rotatable bonds is 7. The minimum Gasteiger partial charge on any atom is -0.481 e. The van der Waals surface area contributed by atoms with E-state index in [4.69, 9.17) is 4.74 Å². The van der Waals surface area contributed by atoms with Crippen LogP contribution in [-0.4, -0.2) is 28.0 Å². The van der Waals surface area contributed by atoms with E-state index in [1.54, 1.807) is 13.0 Å². The van der Waals surface area contributed by atoms with Crippen molar-refractivity contribution in [2.75, 3.05) is 11.1 Å². The van der Waals surface area contributed by atoms with Gasteiger partial charge in [0.1, 0.15) is 5.75 Å². The van der Waals surface area contributed by atoms with Gasteiger partial charge in [-0.25, -0.2) is 0 Å². The highest BCUT2D eigenvalue weighted by atomic mass is 32.2. The molecule has 116 valence electrons. The summed E-state index contributed by atoms with van der Waals surface area (Å²) in [5, 5.41) is 11.1. The number of hydrogen-bond donors (Lipinski definition) is 1. The number of aromatic nitrogens is 2. The van der Waals surface area contributed by atoms with Crippen molar-refractivity contribution in [2.45, 2.75) is 24.3 Å². The van der Waals surface area contributed by atoms with Crippen LogP contribution in [-0.2, 0) is 4.79 Å². The first-order valence-corrected chi connectivity index (χ1v) is 8.50. The van der Waals surface area contributed by atoms with Crippen molar-refractivity contribution < 1.29 is 9.53 Å². The van der Waals surface area contributed by atoms with Gasteiger partial charge in [0.05, 0.1) is 0 Å². The van der Waals surface area contributed by atoms with Gasteiger partial charge in [0.2, 0.25) is 5.13 Å². The molecule has 1 atom stereocenters. The second-order valence-corrected chi connectivity index (χ2v) is 6.73. The van der Waals surface area contributed by atoms with Crippen LogP contribution >= 0.6 is 23.1 Å². The minimum atomic E-state index is -0.616. The molecular formula is C15H17N3O2S2. The van der Waals surface area contributed by atoms with Gasteiger partial charge in [-0.05, 0) is 25.5 Å². The lowest BCUT2D eigenvalue weighted by atomic mass is 10.2. The average Bonchev–Trinajstić information content (AvgIpc) is 2.94. The molecule has 0 aliphatic carbocycles. The normalized spacial score (nSPS) is 11.7. The fraction of sp³-hybridized carbons (Fsp3) is 0.267. The molecule has 0 unspecified atom stereocenters. The number of carbonyl (C=O) groups is 1. The predicted octanol–water partition coefficient (Wildman–Crippen LogP) is 3.53. The fourth-order valence-electron chi connectivity index (χ4n) is 1.59. The molecule has 0 bridgehead atoms. The molecule has 0 spiro atoms. The molecule has 1 N–H and O–H groups in total. The number of aryl methyl sites for hydroxylation is 1. The van der Waals surface area contributed by atoms with Gasteiger partial charge in [0, 0.05) is 5.75 Å². The Morgan fingerprint density at radius 3 is 3.00 bits per heavy atom. The Morgan fingerprint density at radius 1 is 1.50 bits per heavy atom. The first-order valence-electron chi connectivity index (χ1n) is 6.70. The number of ether oxygens (including phenoxy) is 1. The lowest BCUT2D eigenvalue weighted by Crippen LogP contribution is -2.30. The molecule has 22 heavy (non-hydrogen) atoms. The molecule has 0 aliphatic rings. The largest absolute Gasteiger partial charge is 0.481 e. The molecule has 1 aromatic heterocycles. The number of thioether (sulfide) groups is 1. The maximum absolute atomic E-state index is 12.1. The van der Waals surface area contributed by atoms with Crippen LogP contribution in [0.5, 0.6) is 5.75 Å². The van der Waals surface area contributed by atoms with E-state index in [9.17, 15) is 4.79 Å². The Morgan fingerprint density at radius 2 is 2.27 bits per heavy atom. The summed E-state index contributed by atoms with van der Waals surface area (Å²) in [6, 6.07) is 7.58. The molecule has 1 heterocycles. The van der Waals surface area contributed by atoms with E-state index in [-0.39, 0.29) is 5.91 Å². The number of carbonyl (C=O) groups excluding carboxylic acids is 1. The Bertz CT molecular complexity index is 658. The molecule has 7 heteroatoms. The maximum Gasteiger partial charge on any atom is 0.266 e. The monoisotopic (exact) mass is 335 g/mol. The van der Waals surface area contributed by atoms with Gasteiger partial charge in [0.25, 0.3) is 5.91 Å². The van der Waals surface area contributed by atoms with Crippen LogP contribution in [0.4, 0.5) is 5.13 Å². The quantitative estimate of drug-likeness (QED) is 0.476. The van der Waals surface area contributed by atoms with Gasteiger partial charge < -0.3 is 4.74 Å². The first-order chi connectivity index (χ1) is 10.6. The lowest BCUT2D eigenvalue weighted by Gasteiger charge is -2.15. The topological polar surface area (TPSA) is 64.1 Å². The first kappa shape index (κ1) is 16.5. The maximum atomic E-state index is 12.1. The van der Waals surface area contributed by atoms with Crippen molar-refractivity contribution in [2.24, 2.45) is 0 Å². The molecule has 5 nitrogen and oxygen atoms in total. The van der Waals surface area contributed by atoms with Crippen LogP contribution in [0.15, 0.2) is 41.3 Å². The van der Waals surface area contributed by atoms with E-state index < -0.39 is 6.10 Å². The second kappa shape index (κ2) is 7.95. The van der Waals surface area contributed by atoms with E-state index in [2.05, 4.69) is 22.1 Å². The zero-order valence-corrected chi connectivity index (χ0v) is 14.0. The number of nitrogens with one attached hydrogen (secondary N) is 1. The molecule has 0 radical (unpaired) electrons. The van der Waals surface area contributed by atoms with Crippen LogP contribution in [0.25, 0.3) is 0 Å². The smallest absolute Gasteiger partial charge is 0.266 e. The molecular weight excluding hydrogens is 318 g/mol. The summed E-state index contributed by atoms with van der Waals surface area (Å²) in [6.45, 7) is 7.29. The van der Waals surface area contributed by atoms with E-state index >= 15 is 0 Å². The van der Waals surface area contributed by atoms with E-state index in [1.165, 1.54) is 23.1 Å². The Labute approximate surface area is 137 Å². The van der Waals surface area contributed by atoms with Crippen LogP contribution < -0.4 is 10.1 Å². The van der Waals surface area contributed by atoms with Crippen molar-refractivity contribution in [1.82, 2.24) is 10.2 Å². The molecule has 0 fully saturated rings. The number of nitrogens with zero attached hydrogens (tertiary/aromatic N) is 2.